The number of benzene rings is 1. The number of methoxy groups -OCH3 is 1. The maximum Gasteiger partial charge on any atom is 0.328 e. The summed E-state index contributed by atoms with van der Waals surface area (Å²) >= 11 is 0. The fraction of sp³-hybridized carbons (Fsp3) is 0.621. The summed E-state index contributed by atoms with van der Waals surface area (Å²) in [7, 11) is 1.37. The van der Waals surface area contributed by atoms with Crippen molar-refractivity contribution in [1.82, 2.24) is 15.1 Å². The van der Waals surface area contributed by atoms with Gasteiger partial charge in [0.1, 0.15) is 6.04 Å². The van der Waals surface area contributed by atoms with Gasteiger partial charge in [0.2, 0.25) is 11.8 Å². The molecule has 0 bridgehead atoms. The molecule has 1 N–H and O–H groups in total. The molecule has 1 aromatic rings. The van der Waals surface area contributed by atoms with Crippen LogP contribution in [0.3, 0.4) is 0 Å². The quantitative estimate of drug-likeness (QED) is 0.393. The number of amides is 2. The van der Waals surface area contributed by atoms with E-state index < -0.39 is 6.04 Å². The summed E-state index contributed by atoms with van der Waals surface area (Å²) < 4.78 is 4.98. The first-order valence-electron chi connectivity index (χ1n) is 13.4. The van der Waals surface area contributed by atoms with E-state index in [2.05, 4.69) is 43.1 Å². The topological polar surface area (TPSA) is 79.0 Å². The Balaban J connectivity index is 1.76. The Morgan fingerprint density at radius 1 is 1.17 bits per heavy atom. The number of rotatable bonds is 10. The Labute approximate surface area is 216 Å². The smallest absolute Gasteiger partial charge is 0.328 e. The number of carbonyl (C=O) groups excluding carboxylic acids is 3. The number of nitrogens with zero attached hydrogens (tertiary/aromatic N) is 2. The van der Waals surface area contributed by atoms with Crippen molar-refractivity contribution < 1.29 is 19.1 Å². The Hall–Kier alpha value is -2.67. The first-order chi connectivity index (χ1) is 17.3. The highest BCUT2D eigenvalue weighted by molar-refractivity contribution is 5.88. The van der Waals surface area contributed by atoms with E-state index in [1.54, 1.807) is 6.08 Å². The van der Waals surface area contributed by atoms with Crippen LogP contribution in [0.2, 0.25) is 0 Å². The number of ether oxygens (including phenoxy) is 1. The molecular weight excluding hydrogens is 454 g/mol. The summed E-state index contributed by atoms with van der Waals surface area (Å²) in [5.74, 6) is -0.323. The molecule has 2 amide bonds. The van der Waals surface area contributed by atoms with E-state index in [1.807, 2.05) is 29.2 Å². The van der Waals surface area contributed by atoms with E-state index >= 15 is 0 Å². The minimum Gasteiger partial charge on any atom is -0.467 e. The molecule has 1 spiro atoms. The number of hydrogen-bond acceptors (Lipinski definition) is 5. The molecule has 3 rings (SSSR count). The van der Waals surface area contributed by atoms with E-state index in [9.17, 15) is 14.4 Å². The lowest BCUT2D eigenvalue weighted by atomic mass is 9.70. The molecule has 2 saturated heterocycles. The minimum absolute atomic E-state index is 0.0454. The Morgan fingerprint density at radius 3 is 2.47 bits per heavy atom. The molecule has 7 heteroatoms. The van der Waals surface area contributed by atoms with Crippen LogP contribution in [0.1, 0.15) is 58.4 Å². The van der Waals surface area contributed by atoms with Gasteiger partial charge in [0, 0.05) is 32.7 Å². The summed E-state index contributed by atoms with van der Waals surface area (Å²) in [5, 5.41) is 3.04. The van der Waals surface area contributed by atoms with Crippen molar-refractivity contribution in [2.75, 3.05) is 33.3 Å². The molecule has 1 aromatic carbocycles. The second-order valence-corrected chi connectivity index (χ2v) is 10.7. The molecule has 2 unspecified atom stereocenters. The van der Waals surface area contributed by atoms with Crippen LogP contribution in [0.25, 0.3) is 0 Å². The van der Waals surface area contributed by atoms with E-state index in [1.165, 1.54) is 12.7 Å². The van der Waals surface area contributed by atoms with Gasteiger partial charge in [0.25, 0.3) is 0 Å². The molecule has 2 aliphatic heterocycles. The molecule has 2 atom stereocenters. The fourth-order valence-corrected chi connectivity index (χ4v) is 5.53. The second kappa shape index (κ2) is 13.0. The van der Waals surface area contributed by atoms with Gasteiger partial charge in [-0.25, -0.2) is 4.79 Å². The lowest BCUT2D eigenvalue weighted by Crippen LogP contribution is -2.52. The van der Waals surface area contributed by atoms with Gasteiger partial charge in [-0.1, -0.05) is 70.0 Å². The highest BCUT2D eigenvalue weighted by atomic mass is 16.5. The van der Waals surface area contributed by atoms with Crippen LogP contribution in [-0.4, -0.2) is 66.9 Å². The lowest BCUT2D eigenvalue weighted by Gasteiger charge is -2.42. The summed E-state index contributed by atoms with van der Waals surface area (Å²) in [4.78, 5) is 43.0. The van der Waals surface area contributed by atoms with Gasteiger partial charge >= 0.3 is 5.97 Å². The SMILES string of the molecule is CCCCC(NC(=O)C1CN(Cc2ccccc2)CC12CCN(C(=O)/C=C/C(C)C)CC2)C(=O)OC. The summed E-state index contributed by atoms with van der Waals surface area (Å²) in [6, 6.07) is 9.69. The van der Waals surface area contributed by atoms with E-state index in [-0.39, 0.29) is 29.1 Å². The largest absolute Gasteiger partial charge is 0.467 e. The van der Waals surface area contributed by atoms with E-state index in [4.69, 9.17) is 4.74 Å². The van der Waals surface area contributed by atoms with Crippen LogP contribution >= 0.6 is 0 Å². The maximum atomic E-state index is 13.7. The number of likely N-dealkylation sites (tertiary alicyclic amines) is 2. The number of esters is 1. The van der Waals surface area contributed by atoms with Gasteiger partial charge in [-0.2, -0.15) is 0 Å². The molecule has 2 aliphatic rings. The van der Waals surface area contributed by atoms with Gasteiger partial charge in [-0.15, -0.1) is 0 Å². The zero-order valence-electron chi connectivity index (χ0n) is 22.4. The summed E-state index contributed by atoms with van der Waals surface area (Å²) in [6.45, 7) is 9.68. The van der Waals surface area contributed by atoms with Crippen LogP contribution in [0.5, 0.6) is 0 Å². The van der Waals surface area contributed by atoms with Gasteiger partial charge < -0.3 is 15.0 Å². The van der Waals surface area contributed by atoms with Gasteiger partial charge in [-0.05, 0) is 42.2 Å². The molecule has 7 nitrogen and oxygen atoms in total. The van der Waals surface area contributed by atoms with Crippen molar-refractivity contribution in [3.05, 3.63) is 48.0 Å². The highest BCUT2D eigenvalue weighted by Gasteiger charge is 2.51. The van der Waals surface area contributed by atoms with Crippen molar-refractivity contribution in [1.29, 1.82) is 0 Å². The third-order valence-electron chi connectivity index (χ3n) is 7.63. The van der Waals surface area contributed by atoms with Crippen LogP contribution in [0.15, 0.2) is 42.5 Å². The van der Waals surface area contributed by atoms with Crippen molar-refractivity contribution in [2.45, 2.75) is 65.5 Å². The summed E-state index contributed by atoms with van der Waals surface area (Å²) in [5.41, 5.74) is 0.999. The number of carbonyl (C=O) groups is 3. The van der Waals surface area contributed by atoms with Crippen LogP contribution in [-0.2, 0) is 25.7 Å². The standard InChI is InChI=1S/C29H43N3O4/c1-5-6-12-25(28(35)36-4)30-27(34)24-20-31(19-23-10-8-7-9-11-23)21-29(24)15-17-32(18-16-29)26(33)14-13-22(2)3/h7-11,13-14,22,24-25H,5-6,12,15-21H2,1-4H3,(H,30,34)/b14-13+. The fourth-order valence-electron chi connectivity index (χ4n) is 5.53. The number of allylic oxidation sites excluding steroid dienone is 1. The van der Waals surface area contributed by atoms with Crippen molar-refractivity contribution >= 4 is 17.8 Å². The average molecular weight is 498 g/mol. The molecule has 0 saturated carbocycles. The number of unbranched alkanes of at least 4 members (excludes halogenated alkanes) is 1. The molecule has 198 valence electrons. The van der Waals surface area contributed by atoms with Crippen molar-refractivity contribution in [2.24, 2.45) is 17.3 Å². The van der Waals surface area contributed by atoms with Gasteiger partial charge in [0.05, 0.1) is 13.0 Å². The first kappa shape index (κ1) is 27.9. The zero-order chi connectivity index (χ0) is 26.1. The van der Waals surface area contributed by atoms with E-state index in [0.717, 1.165) is 38.8 Å². The molecular formula is C29H43N3O4. The van der Waals surface area contributed by atoms with Crippen LogP contribution in [0.4, 0.5) is 0 Å². The molecule has 36 heavy (non-hydrogen) atoms. The number of nitrogens with one attached hydrogen (secondary N) is 1. The summed E-state index contributed by atoms with van der Waals surface area (Å²) in [6.07, 6.45) is 7.52. The van der Waals surface area contributed by atoms with Gasteiger partial charge in [-0.3, -0.25) is 14.5 Å². The van der Waals surface area contributed by atoms with Crippen molar-refractivity contribution in [3.8, 4) is 0 Å². The Bertz CT molecular complexity index is 906. The van der Waals surface area contributed by atoms with E-state index in [0.29, 0.717) is 32.0 Å². The molecule has 0 aliphatic carbocycles. The van der Waals surface area contributed by atoms with Crippen LogP contribution < -0.4 is 5.32 Å². The van der Waals surface area contributed by atoms with Crippen LogP contribution in [0, 0.1) is 17.3 Å². The Kier molecular flexibility index (Phi) is 10.1. The molecule has 2 heterocycles. The molecule has 2 fully saturated rings. The highest BCUT2D eigenvalue weighted by Crippen LogP contribution is 2.45. The normalized spacial score (nSPS) is 20.7. The average Bonchev–Trinajstić information content (AvgIpc) is 3.22. The maximum absolute atomic E-state index is 13.7. The van der Waals surface area contributed by atoms with Gasteiger partial charge in [0.15, 0.2) is 0 Å². The predicted octanol–water partition coefficient (Wildman–Crippen LogP) is 3.79. The predicted molar refractivity (Wildman–Crippen MR) is 141 cm³/mol. The second-order valence-electron chi connectivity index (χ2n) is 10.7. The lowest BCUT2D eigenvalue weighted by molar-refractivity contribution is -0.146. The molecule has 0 aromatic heterocycles. The number of hydrogen-bond donors (Lipinski definition) is 1. The minimum atomic E-state index is -0.620. The third-order valence-corrected chi connectivity index (χ3v) is 7.63. The van der Waals surface area contributed by atoms with Crippen molar-refractivity contribution in [3.63, 3.8) is 0 Å². The Morgan fingerprint density at radius 2 is 1.86 bits per heavy atom. The number of piperidine rings is 1. The monoisotopic (exact) mass is 497 g/mol. The molecule has 0 radical (unpaired) electrons. The third kappa shape index (κ3) is 7.19. The first-order valence-corrected chi connectivity index (χ1v) is 13.4. The zero-order valence-corrected chi connectivity index (χ0v) is 22.4.